The van der Waals surface area contributed by atoms with E-state index in [2.05, 4.69) is 10.4 Å². The third-order valence-electron chi connectivity index (χ3n) is 4.05. The van der Waals surface area contributed by atoms with Crippen LogP contribution in [0.1, 0.15) is 49.9 Å². The number of nitrogens with zero attached hydrogens (tertiary/aromatic N) is 2. The van der Waals surface area contributed by atoms with Crippen LogP contribution in [0.5, 0.6) is 0 Å². The van der Waals surface area contributed by atoms with Gasteiger partial charge in [0.25, 0.3) is 5.56 Å². The van der Waals surface area contributed by atoms with E-state index in [1.54, 1.807) is 18.3 Å². The minimum Gasteiger partial charge on any atom is -0.273 e. The lowest BCUT2D eigenvalue weighted by molar-refractivity contribution is -0.124. The molecule has 0 aliphatic heterocycles. The first-order valence-corrected chi connectivity index (χ1v) is 8.46. The van der Waals surface area contributed by atoms with Crippen LogP contribution in [0.25, 0.3) is 10.2 Å². The van der Waals surface area contributed by atoms with Gasteiger partial charge in [-0.1, -0.05) is 20.8 Å². The Hall–Kier alpha value is -1.69. The summed E-state index contributed by atoms with van der Waals surface area (Å²) in [6, 6.07) is 0. The molecule has 118 valence electrons. The average molecular weight is 319 g/mol. The molecule has 3 rings (SSSR count). The lowest BCUT2D eigenvalue weighted by atomic mass is 9.96. The van der Waals surface area contributed by atoms with E-state index in [-0.39, 0.29) is 11.5 Å². The molecule has 6 heteroatoms. The molecular formula is C16H21N3O2S. The summed E-state index contributed by atoms with van der Waals surface area (Å²) in [6.07, 6.45) is 4.25. The first kappa shape index (κ1) is 15.2. The second kappa shape index (κ2) is 5.19. The maximum Gasteiger partial charge on any atom is 0.281 e. The highest BCUT2D eigenvalue weighted by Crippen LogP contribution is 2.33. The number of hydrogen-bond acceptors (Lipinski definition) is 4. The van der Waals surface area contributed by atoms with Crippen molar-refractivity contribution in [2.75, 3.05) is 5.43 Å². The van der Waals surface area contributed by atoms with Gasteiger partial charge in [0.2, 0.25) is 5.91 Å². The Bertz CT molecular complexity index is 811. The van der Waals surface area contributed by atoms with E-state index in [1.165, 1.54) is 16.0 Å². The first-order chi connectivity index (χ1) is 10.3. The quantitative estimate of drug-likeness (QED) is 0.879. The molecule has 1 aliphatic carbocycles. The van der Waals surface area contributed by atoms with E-state index < -0.39 is 5.41 Å². The van der Waals surface area contributed by atoms with Crippen molar-refractivity contribution in [3.63, 3.8) is 0 Å². The fourth-order valence-corrected chi connectivity index (χ4v) is 4.00. The van der Waals surface area contributed by atoms with E-state index in [9.17, 15) is 9.59 Å². The van der Waals surface area contributed by atoms with E-state index in [1.807, 2.05) is 20.8 Å². The highest BCUT2D eigenvalue weighted by molar-refractivity contribution is 7.18. The molecule has 0 saturated carbocycles. The molecule has 2 heterocycles. The number of thiophene rings is 1. The summed E-state index contributed by atoms with van der Waals surface area (Å²) < 4.78 is 1.30. The number of hydrogen-bond donors (Lipinski definition) is 1. The highest BCUT2D eigenvalue weighted by atomic mass is 32.1. The summed E-state index contributed by atoms with van der Waals surface area (Å²) in [5, 5.41) is 0.694. The summed E-state index contributed by atoms with van der Waals surface area (Å²) in [6.45, 7) is 7.21. The number of aromatic nitrogens is 2. The Morgan fingerprint density at radius 1 is 1.27 bits per heavy atom. The molecule has 22 heavy (non-hydrogen) atoms. The normalized spacial score (nSPS) is 14.9. The summed E-state index contributed by atoms with van der Waals surface area (Å²) in [7, 11) is 0. The van der Waals surface area contributed by atoms with Crippen molar-refractivity contribution in [2.24, 2.45) is 5.41 Å². The van der Waals surface area contributed by atoms with Gasteiger partial charge in [-0.2, -0.15) is 0 Å². The standard InChI is InChI=1S/C16H21N3O2S/c1-9-17-13-12(10-7-5-6-8-11(10)22-13)14(20)19(9)18-15(21)16(2,3)4/h5-8H2,1-4H3,(H,18,21). The van der Waals surface area contributed by atoms with Gasteiger partial charge in [0, 0.05) is 10.3 Å². The molecule has 0 saturated heterocycles. The van der Waals surface area contributed by atoms with Crippen molar-refractivity contribution >= 4 is 27.5 Å². The molecule has 2 aromatic heterocycles. The Morgan fingerprint density at radius 2 is 1.95 bits per heavy atom. The molecule has 0 atom stereocenters. The van der Waals surface area contributed by atoms with Crippen molar-refractivity contribution < 1.29 is 4.79 Å². The molecule has 0 spiro atoms. The molecule has 0 unspecified atom stereocenters. The van der Waals surface area contributed by atoms with Gasteiger partial charge in [-0.3, -0.25) is 15.0 Å². The molecule has 0 fully saturated rings. The summed E-state index contributed by atoms with van der Waals surface area (Å²) in [4.78, 5) is 31.7. The van der Waals surface area contributed by atoms with Crippen LogP contribution in [0.4, 0.5) is 0 Å². The predicted octanol–water partition coefficient (Wildman–Crippen LogP) is 2.76. The molecule has 2 aromatic rings. The molecule has 0 radical (unpaired) electrons. The number of aryl methyl sites for hydroxylation is 3. The van der Waals surface area contributed by atoms with Gasteiger partial charge in [-0.05, 0) is 38.2 Å². The SMILES string of the molecule is Cc1nc2sc3c(c2c(=O)n1NC(=O)C(C)(C)C)CCCC3. The zero-order valence-electron chi connectivity index (χ0n) is 13.4. The van der Waals surface area contributed by atoms with Crippen molar-refractivity contribution in [3.05, 3.63) is 26.6 Å². The van der Waals surface area contributed by atoms with Crippen LogP contribution < -0.4 is 11.0 Å². The van der Waals surface area contributed by atoms with E-state index in [4.69, 9.17) is 0 Å². The topological polar surface area (TPSA) is 64.0 Å². The van der Waals surface area contributed by atoms with Crippen molar-refractivity contribution in [2.45, 2.75) is 53.4 Å². The van der Waals surface area contributed by atoms with Crippen LogP contribution in [-0.4, -0.2) is 15.6 Å². The largest absolute Gasteiger partial charge is 0.281 e. The van der Waals surface area contributed by atoms with Crippen molar-refractivity contribution in [1.82, 2.24) is 9.66 Å². The fourth-order valence-electron chi connectivity index (χ4n) is 2.71. The number of rotatable bonds is 1. The minimum atomic E-state index is -0.561. The molecule has 0 bridgehead atoms. The number of nitrogens with one attached hydrogen (secondary N) is 1. The maximum absolute atomic E-state index is 12.9. The third kappa shape index (κ3) is 2.45. The summed E-state index contributed by atoms with van der Waals surface area (Å²) >= 11 is 1.62. The molecule has 0 aromatic carbocycles. The van der Waals surface area contributed by atoms with Gasteiger partial charge in [-0.25, -0.2) is 9.66 Å². The predicted molar refractivity (Wildman–Crippen MR) is 89.1 cm³/mol. The zero-order valence-corrected chi connectivity index (χ0v) is 14.3. The van der Waals surface area contributed by atoms with E-state index in [0.29, 0.717) is 11.2 Å². The van der Waals surface area contributed by atoms with Crippen LogP contribution in [0, 0.1) is 12.3 Å². The zero-order chi connectivity index (χ0) is 16.1. The van der Waals surface area contributed by atoms with Gasteiger partial charge in [0.15, 0.2) is 0 Å². The number of fused-ring (bicyclic) bond motifs is 3. The van der Waals surface area contributed by atoms with Crippen molar-refractivity contribution in [1.29, 1.82) is 0 Å². The van der Waals surface area contributed by atoms with Gasteiger partial charge in [0.05, 0.1) is 5.39 Å². The molecule has 1 N–H and O–H groups in total. The van der Waals surface area contributed by atoms with E-state index >= 15 is 0 Å². The number of amides is 1. The molecular weight excluding hydrogens is 298 g/mol. The van der Waals surface area contributed by atoms with Crippen LogP contribution in [0.15, 0.2) is 4.79 Å². The lowest BCUT2D eigenvalue weighted by Crippen LogP contribution is -2.40. The van der Waals surface area contributed by atoms with Crippen molar-refractivity contribution in [3.8, 4) is 0 Å². The summed E-state index contributed by atoms with van der Waals surface area (Å²) in [5.41, 5.74) is 3.14. The fraction of sp³-hybridized carbons (Fsp3) is 0.562. The average Bonchev–Trinajstić information content (AvgIpc) is 2.80. The summed E-state index contributed by atoms with van der Waals surface area (Å²) in [5.74, 6) is 0.330. The second-order valence-electron chi connectivity index (χ2n) is 6.88. The highest BCUT2D eigenvalue weighted by Gasteiger charge is 2.25. The number of carbonyl (C=O) groups excluding carboxylic acids is 1. The molecule has 5 nitrogen and oxygen atoms in total. The monoisotopic (exact) mass is 319 g/mol. The van der Waals surface area contributed by atoms with Gasteiger partial charge >= 0.3 is 0 Å². The smallest absolute Gasteiger partial charge is 0.273 e. The second-order valence-corrected chi connectivity index (χ2v) is 7.97. The molecule has 1 aliphatic rings. The Balaban J connectivity index is 2.16. The molecule has 1 amide bonds. The van der Waals surface area contributed by atoms with Crippen LogP contribution in [0.3, 0.4) is 0 Å². The first-order valence-electron chi connectivity index (χ1n) is 7.64. The number of carbonyl (C=O) groups is 1. The Labute approximate surface area is 133 Å². The van der Waals surface area contributed by atoms with Crippen LogP contribution in [0.2, 0.25) is 0 Å². The van der Waals surface area contributed by atoms with Gasteiger partial charge in [0.1, 0.15) is 10.7 Å². The van der Waals surface area contributed by atoms with Gasteiger partial charge < -0.3 is 0 Å². The van der Waals surface area contributed by atoms with Crippen LogP contribution in [-0.2, 0) is 17.6 Å². The Morgan fingerprint density at radius 3 is 2.64 bits per heavy atom. The minimum absolute atomic E-state index is 0.153. The Kier molecular flexibility index (Phi) is 3.59. The third-order valence-corrected chi connectivity index (χ3v) is 5.24. The van der Waals surface area contributed by atoms with Gasteiger partial charge in [-0.15, -0.1) is 11.3 Å². The van der Waals surface area contributed by atoms with Crippen LogP contribution >= 0.6 is 11.3 Å². The van der Waals surface area contributed by atoms with E-state index in [0.717, 1.165) is 29.7 Å². The maximum atomic E-state index is 12.9. The lowest BCUT2D eigenvalue weighted by Gasteiger charge is -2.19.